The SMILES string of the molecule is C/C=C(\C)CN1CCC(CO)(Cc2ccc(OC)cc2)CC1. The summed E-state index contributed by atoms with van der Waals surface area (Å²) in [5.74, 6) is 0.887. The Morgan fingerprint density at radius 2 is 1.91 bits per heavy atom. The zero-order chi connectivity index (χ0) is 16.0. The van der Waals surface area contributed by atoms with Gasteiger partial charge in [-0.1, -0.05) is 23.8 Å². The Morgan fingerprint density at radius 3 is 2.41 bits per heavy atom. The van der Waals surface area contributed by atoms with Gasteiger partial charge < -0.3 is 9.84 Å². The number of nitrogens with zero attached hydrogens (tertiary/aromatic N) is 1. The Kier molecular flexibility index (Phi) is 6.04. The Bertz CT molecular complexity index is 485. The van der Waals surface area contributed by atoms with Crippen molar-refractivity contribution in [2.75, 3.05) is 33.4 Å². The minimum atomic E-state index is 0.0366. The van der Waals surface area contributed by atoms with Crippen LogP contribution in [0.5, 0.6) is 5.75 Å². The van der Waals surface area contributed by atoms with E-state index in [0.29, 0.717) is 0 Å². The molecule has 1 N–H and O–H groups in total. The molecule has 0 atom stereocenters. The number of aliphatic hydroxyl groups excluding tert-OH is 1. The van der Waals surface area contributed by atoms with Crippen molar-refractivity contribution in [2.45, 2.75) is 33.1 Å². The first kappa shape index (κ1) is 17.0. The second kappa shape index (κ2) is 7.80. The number of methoxy groups -OCH3 is 1. The second-order valence-corrected chi connectivity index (χ2v) is 6.59. The van der Waals surface area contributed by atoms with Crippen molar-refractivity contribution in [1.29, 1.82) is 0 Å². The molecule has 0 unspecified atom stereocenters. The first-order chi connectivity index (χ1) is 10.6. The number of hydrogen-bond donors (Lipinski definition) is 1. The summed E-state index contributed by atoms with van der Waals surface area (Å²) >= 11 is 0. The normalized spacial score (nSPS) is 19.2. The summed E-state index contributed by atoms with van der Waals surface area (Å²) in [6.45, 7) is 7.76. The summed E-state index contributed by atoms with van der Waals surface area (Å²) in [6, 6.07) is 8.25. The van der Waals surface area contributed by atoms with Crippen molar-refractivity contribution in [3.63, 3.8) is 0 Å². The van der Waals surface area contributed by atoms with E-state index in [1.807, 2.05) is 12.1 Å². The molecule has 1 aromatic rings. The van der Waals surface area contributed by atoms with Gasteiger partial charge >= 0.3 is 0 Å². The Balaban J connectivity index is 1.96. The molecule has 2 rings (SSSR count). The molecular weight excluding hydrogens is 274 g/mol. The van der Waals surface area contributed by atoms with Crippen molar-refractivity contribution in [1.82, 2.24) is 4.90 Å². The molecule has 0 radical (unpaired) electrons. The number of hydrogen-bond acceptors (Lipinski definition) is 3. The standard InChI is InChI=1S/C19H29NO2/c1-4-16(2)14-20-11-9-19(15-21,10-12-20)13-17-5-7-18(22-3)8-6-17/h4-8,21H,9-15H2,1-3H3/b16-4+. The number of rotatable bonds is 6. The molecule has 0 saturated carbocycles. The Morgan fingerprint density at radius 1 is 1.27 bits per heavy atom. The first-order valence-electron chi connectivity index (χ1n) is 8.19. The van der Waals surface area contributed by atoms with E-state index in [1.54, 1.807) is 7.11 Å². The van der Waals surface area contributed by atoms with Crippen LogP contribution in [0.3, 0.4) is 0 Å². The highest BCUT2D eigenvalue weighted by Crippen LogP contribution is 2.35. The van der Waals surface area contributed by atoms with Crippen LogP contribution in [0, 0.1) is 5.41 Å². The maximum absolute atomic E-state index is 9.96. The predicted molar refractivity (Wildman–Crippen MR) is 91.3 cm³/mol. The highest BCUT2D eigenvalue weighted by molar-refractivity contribution is 5.28. The van der Waals surface area contributed by atoms with Gasteiger partial charge in [0.2, 0.25) is 0 Å². The number of piperidine rings is 1. The van der Waals surface area contributed by atoms with E-state index in [-0.39, 0.29) is 12.0 Å². The van der Waals surface area contributed by atoms with Crippen molar-refractivity contribution in [3.05, 3.63) is 41.5 Å². The summed E-state index contributed by atoms with van der Waals surface area (Å²) in [7, 11) is 1.69. The van der Waals surface area contributed by atoms with Crippen LogP contribution in [0.25, 0.3) is 0 Å². The lowest BCUT2D eigenvalue weighted by Crippen LogP contribution is -2.43. The number of aliphatic hydroxyl groups is 1. The van der Waals surface area contributed by atoms with Crippen LogP contribution in [0.1, 0.15) is 32.3 Å². The quantitative estimate of drug-likeness (QED) is 0.819. The number of ether oxygens (including phenoxy) is 1. The minimum absolute atomic E-state index is 0.0366. The van der Waals surface area contributed by atoms with Crippen LogP contribution >= 0.6 is 0 Å². The van der Waals surface area contributed by atoms with E-state index in [0.717, 1.165) is 44.6 Å². The van der Waals surface area contributed by atoms with Crippen LogP contribution < -0.4 is 4.74 Å². The molecule has 1 aromatic carbocycles. The molecule has 1 saturated heterocycles. The van der Waals surface area contributed by atoms with Crippen LogP contribution in [0.2, 0.25) is 0 Å². The molecule has 122 valence electrons. The lowest BCUT2D eigenvalue weighted by molar-refractivity contribution is 0.0474. The third-order valence-corrected chi connectivity index (χ3v) is 4.96. The van der Waals surface area contributed by atoms with E-state index in [9.17, 15) is 5.11 Å². The molecule has 3 heteroatoms. The van der Waals surface area contributed by atoms with Gasteiger partial charge in [0.25, 0.3) is 0 Å². The van der Waals surface area contributed by atoms with E-state index in [1.165, 1.54) is 11.1 Å². The highest BCUT2D eigenvalue weighted by atomic mass is 16.5. The van der Waals surface area contributed by atoms with Gasteiger partial charge in [-0.15, -0.1) is 0 Å². The van der Waals surface area contributed by atoms with Crippen LogP contribution in [-0.2, 0) is 6.42 Å². The fraction of sp³-hybridized carbons (Fsp3) is 0.579. The lowest BCUT2D eigenvalue weighted by Gasteiger charge is -2.41. The maximum Gasteiger partial charge on any atom is 0.118 e. The van der Waals surface area contributed by atoms with Crippen LogP contribution in [0.15, 0.2) is 35.9 Å². The molecule has 1 aliphatic heterocycles. The van der Waals surface area contributed by atoms with E-state index in [2.05, 4.69) is 37.0 Å². The fourth-order valence-electron chi connectivity index (χ4n) is 3.20. The molecule has 0 spiro atoms. The maximum atomic E-state index is 9.96. The summed E-state index contributed by atoms with van der Waals surface area (Å²) in [6.07, 6.45) is 5.26. The summed E-state index contributed by atoms with van der Waals surface area (Å²) in [5, 5.41) is 9.96. The molecule has 1 aliphatic rings. The van der Waals surface area contributed by atoms with E-state index in [4.69, 9.17) is 4.74 Å². The molecule has 0 aliphatic carbocycles. The van der Waals surface area contributed by atoms with Gasteiger partial charge in [0.15, 0.2) is 0 Å². The topological polar surface area (TPSA) is 32.7 Å². The molecule has 1 heterocycles. The van der Waals surface area contributed by atoms with Crippen LogP contribution in [-0.4, -0.2) is 43.4 Å². The number of allylic oxidation sites excluding steroid dienone is 1. The number of likely N-dealkylation sites (tertiary alicyclic amines) is 1. The Labute approximate surface area is 134 Å². The Hall–Kier alpha value is -1.32. The zero-order valence-corrected chi connectivity index (χ0v) is 14.1. The van der Waals surface area contributed by atoms with Gasteiger partial charge in [-0.3, -0.25) is 4.90 Å². The first-order valence-corrected chi connectivity index (χ1v) is 8.19. The van der Waals surface area contributed by atoms with Gasteiger partial charge in [0, 0.05) is 13.2 Å². The molecule has 0 amide bonds. The average molecular weight is 303 g/mol. The summed E-state index contributed by atoms with van der Waals surface area (Å²) < 4.78 is 5.21. The third kappa shape index (κ3) is 4.34. The molecule has 0 bridgehead atoms. The smallest absolute Gasteiger partial charge is 0.118 e. The summed E-state index contributed by atoms with van der Waals surface area (Å²) in [4.78, 5) is 2.50. The van der Waals surface area contributed by atoms with E-state index < -0.39 is 0 Å². The second-order valence-electron chi connectivity index (χ2n) is 6.59. The van der Waals surface area contributed by atoms with Crippen molar-refractivity contribution in [3.8, 4) is 5.75 Å². The van der Waals surface area contributed by atoms with Crippen molar-refractivity contribution in [2.24, 2.45) is 5.41 Å². The van der Waals surface area contributed by atoms with Gasteiger partial charge in [-0.2, -0.15) is 0 Å². The third-order valence-electron chi connectivity index (χ3n) is 4.96. The number of benzene rings is 1. The van der Waals surface area contributed by atoms with Crippen molar-refractivity contribution >= 4 is 0 Å². The molecule has 0 aromatic heterocycles. The average Bonchev–Trinajstić information content (AvgIpc) is 2.57. The summed E-state index contributed by atoms with van der Waals surface area (Å²) in [5.41, 5.74) is 2.74. The lowest BCUT2D eigenvalue weighted by atomic mass is 9.74. The van der Waals surface area contributed by atoms with Crippen LogP contribution in [0.4, 0.5) is 0 Å². The van der Waals surface area contributed by atoms with Gasteiger partial charge in [-0.05, 0) is 69.3 Å². The van der Waals surface area contributed by atoms with Gasteiger partial charge in [0.05, 0.1) is 7.11 Å². The van der Waals surface area contributed by atoms with Gasteiger partial charge in [0.1, 0.15) is 5.75 Å². The highest BCUT2D eigenvalue weighted by Gasteiger charge is 2.34. The minimum Gasteiger partial charge on any atom is -0.497 e. The van der Waals surface area contributed by atoms with E-state index >= 15 is 0 Å². The van der Waals surface area contributed by atoms with Gasteiger partial charge in [-0.25, -0.2) is 0 Å². The largest absolute Gasteiger partial charge is 0.497 e. The monoisotopic (exact) mass is 303 g/mol. The molecule has 3 nitrogen and oxygen atoms in total. The fourth-order valence-corrected chi connectivity index (χ4v) is 3.20. The van der Waals surface area contributed by atoms with Crippen molar-refractivity contribution < 1.29 is 9.84 Å². The molecular formula is C19H29NO2. The predicted octanol–water partition coefficient (Wildman–Crippen LogP) is 3.28. The molecule has 1 fully saturated rings. The molecule has 22 heavy (non-hydrogen) atoms. The zero-order valence-electron chi connectivity index (χ0n) is 14.1.